The summed E-state index contributed by atoms with van der Waals surface area (Å²) in [5, 5.41) is 11.2. The van der Waals surface area contributed by atoms with Gasteiger partial charge in [0.15, 0.2) is 5.03 Å². The van der Waals surface area contributed by atoms with Crippen molar-refractivity contribution in [2.24, 2.45) is 4.99 Å². The van der Waals surface area contributed by atoms with E-state index in [1.54, 1.807) is 42.4 Å². The molecule has 7 nitrogen and oxygen atoms in total. The molecular weight excluding hydrogens is 353 g/mol. The Balaban J connectivity index is 2.10. The number of aliphatic imine (C=N–C) groups is 1. The lowest BCUT2D eigenvalue weighted by molar-refractivity contribution is -0.526. The monoisotopic (exact) mass is 367 g/mol. The van der Waals surface area contributed by atoms with Crippen LogP contribution < -0.4 is 5.43 Å². The number of nitrogens with one attached hydrogen (secondary N) is 1. The Kier molecular flexibility index (Phi) is 6.34. The number of hydrogen-bond donors (Lipinski definition) is 1. The zero-order valence-electron chi connectivity index (χ0n) is 12.8. The maximum absolute atomic E-state index is 10.8. The topological polar surface area (TPSA) is 83.7 Å². The van der Waals surface area contributed by atoms with Crippen LogP contribution >= 0.6 is 23.2 Å². The molecule has 0 atom stereocenters. The summed E-state index contributed by atoms with van der Waals surface area (Å²) in [7, 11) is 1.70. The summed E-state index contributed by atoms with van der Waals surface area (Å²) >= 11 is 11.6. The van der Waals surface area contributed by atoms with Crippen LogP contribution in [-0.4, -0.2) is 27.9 Å². The van der Waals surface area contributed by atoms with E-state index in [1.165, 1.54) is 0 Å². The summed E-state index contributed by atoms with van der Waals surface area (Å²) in [4.78, 5) is 20.7. The van der Waals surface area contributed by atoms with Gasteiger partial charge in [-0.15, -0.1) is 0 Å². The van der Waals surface area contributed by atoms with Crippen LogP contribution in [0.2, 0.25) is 10.2 Å². The minimum atomic E-state index is -0.642. The molecule has 0 saturated carbocycles. The molecule has 0 aliphatic rings. The maximum Gasteiger partial charge on any atom is 0.257 e. The molecule has 0 bridgehead atoms. The fraction of sp³-hybridized carbons (Fsp3) is 0.200. The van der Waals surface area contributed by atoms with Gasteiger partial charge in [-0.25, -0.2) is 20.1 Å². The number of benzene rings is 1. The molecule has 1 aromatic carbocycles. The number of nitrogens with zero attached hydrogens (tertiary/aromatic N) is 4. The zero-order chi connectivity index (χ0) is 17.5. The lowest BCUT2D eigenvalue weighted by atomic mass is 10.2. The molecular formula is C15H15Cl2N5O2. The first-order valence-corrected chi connectivity index (χ1v) is 7.71. The van der Waals surface area contributed by atoms with Gasteiger partial charge in [-0.05, 0) is 29.3 Å². The molecule has 0 radical (unpaired) electrons. The highest BCUT2D eigenvalue weighted by Gasteiger charge is 2.12. The van der Waals surface area contributed by atoms with E-state index >= 15 is 0 Å². The Morgan fingerprint density at radius 3 is 2.50 bits per heavy atom. The molecule has 2 aromatic rings. The van der Waals surface area contributed by atoms with Gasteiger partial charge >= 0.3 is 0 Å². The number of rotatable bonds is 5. The number of nitro groups is 1. The minimum Gasteiger partial charge on any atom is -0.337 e. The van der Waals surface area contributed by atoms with E-state index in [0.717, 1.165) is 11.1 Å². The van der Waals surface area contributed by atoms with Gasteiger partial charge in [0.25, 0.3) is 5.96 Å². The average molecular weight is 368 g/mol. The molecule has 9 heteroatoms. The molecule has 1 aromatic heterocycles. The van der Waals surface area contributed by atoms with Crippen molar-refractivity contribution in [3.63, 3.8) is 0 Å². The van der Waals surface area contributed by atoms with Crippen molar-refractivity contribution < 1.29 is 5.03 Å². The van der Waals surface area contributed by atoms with Gasteiger partial charge in [-0.2, -0.15) is 0 Å². The molecule has 0 aliphatic carbocycles. The molecule has 1 N–H and O–H groups in total. The fourth-order valence-corrected chi connectivity index (χ4v) is 2.17. The van der Waals surface area contributed by atoms with Crippen LogP contribution in [0.1, 0.15) is 11.1 Å². The third-order valence-electron chi connectivity index (χ3n) is 3.09. The highest BCUT2D eigenvalue weighted by Crippen LogP contribution is 2.11. The van der Waals surface area contributed by atoms with Crippen molar-refractivity contribution >= 4 is 29.2 Å². The van der Waals surface area contributed by atoms with Crippen molar-refractivity contribution in [2.75, 3.05) is 7.05 Å². The molecule has 0 saturated heterocycles. The summed E-state index contributed by atoms with van der Waals surface area (Å²) in [6, 6.07) is 10.6. The van der Waals surface area contributed by atoms with Crippen molar-refractivity contribution in [1.29, 1.82) is 0 Å². The Hall–Kier alpha value is -2.38. The van der Waals surface area contributed by atoms with E-state index in [4.69, 9.17) is 23.2 Å². The molecule has 2 rings (SSSR count). The van der Waals surface area contributed by atoms with Gasteiger partial charge < -0.3 is 4.90 Å². The van der Waals surface area contributed by atoms with E-state index in [0.29, 0.717) is 16.7 Å². The third kappa shape index (κ3) is 5.68. The Labute approximate surface area is 149 Å². The Morgan fingerprint density at radius 2 is 1.92 bits per heavy atom. The molecule has 126 valence electrons. The summed E-state index contributed by atoms with van der Waals surface area (Å²) in [6.07, 6.45) is 1.61. The van der Waals surface area contributed by atoms with Crippen molar-refractivity contribution in [3.8, 4) is 0 Å². The van der Waals surface area contributed by atoms with Crippen LogP contribution in [-0.2, 0) is 13.1 Å². The lowest BCUT2D eigenvalue weighted by Crippen LogP contribution is -2.41. The van der Waals surface area contributed by atoms with Gasteiger partial charge in [-0.3, -0.25) is 0 Å². The summed E-state index contributed by atoms with van der Waals surface area (Å²) in [6.45, 7) is 0.682. The summed E-state index contributed by atoms with van der Waals surface area (Å²) < 4.78 is 0. The summed E-state index contributed by atoms with van der Waals surface area (Å²) in [5.41, 5.74) is 3.86. The van der Waals surface area contributed by atoms with E-state index in [-0.39, 0.29) is 12.5 Å². The second-order valence-electron chi connectivity index (χ2n) is 4.98. The van der Waals surface area contributed by atoms with Gasteiger partial charge in [0.2, 0.25) is 0 Å². The second-order valence-corrected chi connectivity index (χ2v) is 5.80. The van der Waals surface area contributed by atoms with Crippen LogP contribution in [0, 0.1) is 10.1 Å². The van der Waals surface area contributed by atoms with E-state index in [1.807, 2.05) is 12.1 Å². The Bertz CT molecular complexity index is 720. The first-order chi connectivity index (χ1) is 11.4. The molecule has 0 spiro atoms. The highest BCUT2D eigenvalue weighted by molar-refractivity contribution is 6.30. The van der Waals surface area contributed by atoms with Gasteiger partial charge in [-0.1, -0.05) is 46.8 Å². The lowest BCUT2D eigenvalue weighted by Gasteiger charge is -2.18. The predicted octanol–water partition coefficient (Wildman–Crippen LogP) is 3.16. The van der Waals surface area contributed by atoms with Crippen LogP contribution in [0.4, 0.5) is 0 Å². The smallest absolute Gasteiger partial charge is 0.257 e. The molecule has 1 heterocycles. The number of aromatic nitrogens is 1. The summed E-state index contributed by atoms with van der Waals surface area (Å²) in [5.74, 6) is 0.143. The molecule has 0 aliphatic heterocycles. The van der Waals surface area contributed by atoms with E-state index in [2.05, 4.69) is 15.4 Å². The number of hydrazine groups is 1. The first kappa shape index (κ1) is 18.0. The van der Waals surface area contributed by atoms with Crippen LogP contribution in [0.15, 0.2) is 47.6 Å². The van der Waals surface area contributed by atoms with Crippen LogP contribution in [0.3, 0.4) is 0 Å². The van der Waals surface area contributed by atoms with E-state index < -0.39 is 5.03 Å². The SMILES string of the molecule is CN(Cc1ccc(Cl)nc1)C(=NCc1ccc(Cl)cc1)N[N+](=O)[O-]. The Morgan fingerprint density at radius 1 is 1.25 bits per heavy atom. The van der Waals surface area contributed by atoms with Crippen molar-refractivity contribution in [3.05, 3.63) is 74.0 Å². The average Bonchev–Trinajstić information content (AvgIpc) is 2.54. The predicted molar refractivity (Wildman–Crippen MR) is 93.4 cm³/mol. The molecule has 0 unspecified atom stereocenters. The maximum atomic E-state index is 10.8. The van der Waals surface area contributed by atoms with Crippen molar-refractivity contribution in [1.82, 2.24) is 15.3 Å². The largest absolute Gasteiger partial charge is 0.337 e. The van der Waals surface area contributed by atoms with Crippen molar-refractivity contribution in [2.45, 2.75) is 13.1 Å². The van der Waals surface area contributed by atoms with Crippen LogP contribution in [0.5, 0.6) is 0 Å². The van der Waals surface area contributed by atoms with Gasteiger partial charge in [0.05, 0.1) is 6.54 Å². The second kappa shape index (κ2) is 8.47. The number of pyridine rings is 1. The van der Waals surface area contributed by atoms with Gasteiger partial charge in [0.1, 0.15) is 5.15 Å². The molecule has 0 fully saturated rings. The number of guanidine groups is 1. The standard InChI is InChI=1S/C15H15Cl2N5O2/c1-21(10-12-4-7-14(17)18-9-12)15(20-22(23)24)19-8-11-2-5-13(16)6-3-11/h2-7,9H,8,10H2,1H3,(H,19,20). The highest BCUT2D eigenvalue weighted by atomic mass is 35.5. The molecule has 0 amide bonds. The van der Waals surface area contributed by atoms with Crippen LogP contribution in [0.25, 0.3) is 0 Å². The number of hydrogen-bond acceptors (Lipinski definition) is 4. The normalized spacial score (nSPS) is 11.2. The quantitative estimate of drug-likeness (QED) is 0.288. The third-order valence-corrected chi connectivity index (χ3v) is 3.56. The zero-order valence-corrected chi connectivity index (χ0v) is 14.3. The van der Waals surface area contributed by atoms with Gasteiger partial charge in [0, 0.05) is 24.8 Å². The van der Waals surface area contributed by atoms with E-state index in [9.17, 15) is 10.1 Å². The number of halogens is 2. The first-order valence-electron chi connectivity index (χ1n) is 6.95. The minimum absolute atomic E-state index is 0.143. The molecule has 24 heavy (non-hydrogen) atoms. The fourth-order valence-electron chi connectivity index (χ4n) is 1.93.